The molecule has 10 heteroatoms. The van der Waals surface area contributed by atoms with Crippen LogP contribution in [-0.4, -0.2) is 50.9 Å². The Morgan fingerprint density at radius 3 is 2.20 bits per heavy atom. The zero-order valence-corrected chi connectivity index (χ0v) is 25.7. The summed E-state index contributed by atoms with van der Waals surface area (Å²) < 4.78 is 34.8. The van der Waals surface area contributed by atoms with Gasteiger partial charge >= 0.3 is 0 Å². The highest BCUT2D eigenvalue weighted by Gasteiger charge is 2.33. The Labute approximate surface area is 250 Å². The lowest BCUT2D eigenvalue weighted by atomic mass is 9.95. The smallest absolute Gasteiger partial charge is 0.264 e. The fourth-order valence-electron chi connectivity index (χ4n) is 4.93. The fraction of sp³-hybridized carbons (Fsp3) is 0.355. The van der Waals surface area contributed by atoms with Crippen LogP contribution in [0, 0.1) is 0 Å². The molecular formula is C31H36BrN3O5S. The second-order valence-electron chi connectivity index (χ2n) is 10.2. The molecule has 0 bridgehead atoms. The Hall–Kier alpha value is -3.37. The van der Waals surface area contributed by atoms with Crippen molar-refractivity contribution in [3.63, 3.8) is 0 Å². The first-order valence-electron chi connectivity index (χ1n) is 13.7. The van der Waals surface area contributed by atoms with Crippen LogP contribution in [-0.2, 0) is 26.2 Å². The Bertz CT molecular complexity index is 1410. The van der Waals surface area contributed by atoms with Crippen molar-refractivity contribution in [2.75, 3.05) is 18.0 Å². The summed E-state index contributed by atoms with van der Waals surface area (Å²) in [5.74, 6) is -0.0699. The SMILES string of the molecule is COc1ccc(CN(C(=O)CN(c2ccc(Br)cc2)S(=O)(=O)c2ccccc2)[C@H](C)C(=O)NC2CCCCC2)cc1. The Morgan fingerprint density at radius 1 is 0.951 bits per heavy atom. The average Bonchev–Trinajstić information content (AvgIpc) is 3.00. The van der Waals surface area contributed by atoms with Gasteiger partial charge in [-0.1, -0.05) is 65.5 Å². The lowest BCUT2D eigenvalue weighted by molar-refractivity contribution is -0.139. The molecule has 1 N–H and O–H groups in total. The number of nitrogens with one attached hydrogen (secondary N) is 1. The predicted octanol–water partition coefficient (Wildman–Crippen LogP) is 5.52. The summed E-state index contributed by atoms with van der Waals surface area (Å²) >= 11 is 3.39. The maximum atomic E-state index is 14.0. The molecule has 218 valence electrons. The van der Waals surface area contributed by atoms with Crippen molar-refractivity contribution in [3.05, 3.63) is 88.9 Å². The number of carbonyl (C=O) groups is 2. The van der Waals surface area contributed by atoms with Gasteiger partial charge in [0.25, 0.3) is 10.0 Å². The van der Waals surface area contributed by atoms with Gasteiger partial charge in [-0.05, 0) is 73.9 Å². The number of rotatable bonds is 11. The van der Waals surface area contributed by atoms with Gasteiger partial charge in [-0.15, -0.1) is 0 Å². The van der Waals surface area contributed by atoms with Crippen LogP contribution in [0.15, 0.2) is 88.2 Å². The summed E-state index contributed by atoms with van der Waals surface area (Å²) in [5, 5.41) is 3.12. The second kappa shape index (κ2) is 14.0. The number of sulfonamides is 1. The molecule has 1 saturated carbocycles. The molecule has 0 aliphatic heterocycles. The van der Waals surface area contributed by atoms with Crippen LogP contribution < -0.4 is 14.4 Å². The number of benzene rings is 3. The van der Waals surface area contributed by atoms with Gasteiger partial charge < -0.3 is 15.0 Å². The zero-order valence-electron chi connectivity index (χ0n) is 23.3. The average molecular weight is 643 g/mol. The molecule has 41 heavy (non-hydrogen) atoms. The van der Waals surface area contributed by atoms with Crippen LogP contribution in [0.4, 0.5) is 5.69 Å². The molecule has 0 unspecified atom stereocenters. The van der Waals surface area contributed by atoms with Crippen molar-refractivity contribution in [2.45, 2.75) is 62.6 Å². The first-order chi connectivity index (χ1) is 19.7. The number of hydrogen-bond acceptors (Lipinski definition) is 5. The second-order valence-corrected chi connectivity index (χ2v) is 13.0. The molecule has 0 aromatic heterocycles. The topological polar surface area (TPSA) is 96.0 Å². The lowest BCUT2D eigenvalue weighted by Crippen LogP contribution is -2.53. The van der Waals surface area contributed by atoms with E-state index in [9.17, 15) is 18.0 Å². The molecule has 1 fully saturated rings. The first kappa shape index (κ1) is 30.6. The van der Waals surface area contributed by atoms with Crippen LogP contribution in [0.25, 0.3) is 0 Å². The maximum absolute atomic E-state index is 14.0. The minimum atomic E-state index is -4.09. The van der Waals surface area contributed by atoms with Crippen LogP contribution in [0.1, 0.15) is 44.6 Å². The molecule has 0 spiro atoms. The van der Waals surface area contributed by atoms with E-state index in [1.807, 2.05) is 12.1 Å². The number of hydrogen-bond donors (Lipinski definition) is 1. The van der Waals surface area contributed by atoms with E-state index < -0.39 is 28.5 Å². The van der Waals surface area contributed by atoms with E-state index in [1.54, 1.807) is 68.6 Å². The van der Waals surface area contributed by atoms with Gasteiger partial charge in [0.05, 0.1) is 17.7 Å². The standard InChI is InChI=1S/C31H36BrN3O5S/c1-23(31(37)33-26-9-5-3-6-10-26)34(21-24-13-19-28(40-2)20-14-24)30(36)22-35(27-17-15-25(32)16-18-27)41(38,39)29-11-7-4-8-12-29/h4,7-8,11-20,23,26H,3,5-6,9-10,21-22H2,1-2H3,(H,33,37)/t23-/m1/s1. The third-order valence-corrected chi connectivity index (χ3v) is 9.67. The molecule has 1 atom stereocenters. The summed E-state index contributed by atoms with van der Waals surface area (Å²) in [6.45, 7) is 1.34. The Kier molecular flexibility index (Phi) is 10.4. The summed E-state index contributed by atoms with van der Waals surface area (Å²) in [6, 6.07) is 21.3. The Balaban J connectivity index is 1.65. The largest absolute Gasteiger partial charge is 0.497 e. The van der Waals surface area contributed by atoms with E-state index in [-0.39, 0.29) is 23.4 Å². The zero-order chi connectivity index (χ0) is 29.4. The van der Waals surface area contributed by atoms with Crippen LogP contribution in [0.3, 0.4) is 0 Å². The first-order valence-corrected chi connectivity index (χ1v) is 16.0. The molecule has 1 aliphatic carbocycles. The Morgan fingerprint density at radius 2 is 1.59 bits per heavy atom. The van der Waals surface area contributed by atoms with E-state index in [0.29, 0.717) is 11.4 Å². The van der Waals surface area contributed by atoms with E-state index >= 15 is 0 Å². The van der Waals surface area contributed by atoms with Gasteiger partial charge in [0.15, 0.2) is 0 Å². The molecular weight excluding hydrogens is 606 g/mol. The van der Waals surface area contributed by atoms with Gasteiger partial charge in [0.2, 0.25) is 11.8 Å². The van der Waals surface area contributed by atoms with Crippen LogP contribution in [0.5, 0.6) is 5.75 Å². The maximum Gasteiger partial charge on any atom is 0.264 e. The van der Waals surface area contributed by atoms with Crippen molar-refractivity contribution in [2.24, 2.45) is 0 Å². The number of amides is 2. The molecule has 3 aromatic rings. The fourth-order valence-corrected chi connectivity index (χ4v) is 6.63. The van der Waals surface area contributed by atoms with Crippen molar-refractivity contribution < 1.29 is 22.7 Å². The number of methoxy groups -OCH3 is 1. The summed E-state index contributed by atoms with van der Waals surface area (Å²) in [4.78, 5) is 29.0. The highest BCUT2D eigenvalue weighted by atomic mass is 79.9. The molecule has 2 amide bonds. The van der Waals surface area contributed by atoms with Gasteiger partial charge in [0, 0.05) is 17.1 Å². The van der Waals surface area contributed by atoms with Gasteiger partial charge in [0.1, 0.15) is 18.3 Å². The quantitative estimate of drug-likeness (QED) is 0.297. The molecule has 0 heterocycles. The third-order valence-electron chi connectivity index (χ3n) is 7.36. The number of halogens is 1. The highest BCUT2D eigenvalue weighted by molar-refractivity contribution is 9.10. The number of ether oxygens (including phenoxy) is 1. The summed E-state index contributed by atoms with van der Waals surface area (Å²) in [6.07, 6.45) is 5.11. The van der Waals surface area contributed by atoms with Crippen LogP contribution in [0.2, 0.25) is 0 Å². The molecule has 3 aromatic carbocycles. The van der Waals surface area contributed by atoms with E-state index in [2.05, 4.69) is 21.2 Å². The summed E-state index contributed by atoms with van der Waals surface area (Å²) in [7, 11) is -2.52. The van der Waals surface area contributed by atoms with E-state index in [0.717, 1.165) is 46.4 Å². The van der Waals surface area contributed by atoms with Crippen molar-refractivity contribution >= 4 is 43.5 Å². The van der Waals surface area contributed by atoms with Gasteiger partial charge in [-0.2, -0.15) is 0 Å². The molecule has 8 nitrogen and oxygen atoms in total. The minimum absolute atomic E-state index is 0.0699. The van der Waals surface area contributed by atoms with E-state index in [1.165, 1.54) is 17.0 Å². The van der Waals surface area contributed by atoms with E-state index in [4.69, 9.17) is 4.74 Å². The van der Waals surface area contributed by atoms with Crippen molar-refractivity contribution in [1.82, 2.24) is 10.2 Å². The normalized spacial score (nSPS) is 14.6. The van der Waals surface area contributed by atoms with Crippen molar-refractivity contribution in [3.8, 4) is 5.75 Å². The number of nitrogens with zero attached hydrogens (tertiary/aromatic N) is 2. The molecule has 4 rings (SSSR count). The predicted molar refractivity (Wildman–Crippen MR) is 163 cm³/mol. The van der Waals surface area contributed by atoms with Crippen LogP contribution >= 0.6 is 15.9 Å². The number of carbonyl (C=O) groups excluding carboxylic acids is 2. The van der Waals surface area contributed by atoms with Crippen molar-refractivity contribution in [1.29, 1.82) is 0 Å². The molecule has 0 saturated heterocycles. The molecule has 1 aliphatic rings. The summed E-state index contributed by atoms with van der Waals surface area (Å²) in [5.41, 5.74) is 1.13. The number of anilines is 1. The lowest BCUT2D eigenvalue weighted by Gasteiger charge is -2.33. The molecule has 0 radical (unpaired) electrons. The minimum Gasteiger partial charge on any atom is -0.497 e. The van der Waals surface area contributed by atoms with Gasteiger partial charge in [-0.3, -0.25) is 13.9 Å². The third kappa shape index (κ3) is 7.89. The van der Waals surface area contributed by atoms with Gasteiger partial charge in [-0.25, -0.2) is 8.42 Å². The highest BCUT2D eigenvalue weighted by Crippen LogP contribution is 2.26. The monoisotopic (exact) mass is 641 g/mol.